The lowest BCUT2D eigenvalue weighted by molar-refractivity contribution is -0.388. The van der Waals surface area contributed by atoms with Gasteiger partial charge in [-0.1, -0.05) is 0 Å². The zero-order valence-electron chi connectivity index (χ0n) is 9.58. The van der Waals surface area contributed by atoms with Crippen LogP contribution in [0.3, 0.4) is 0 Å². The van der Waals surface area contributed by atoms with Gasteiger partial charge in [0.2, 0.25) is 5.95 Å². The number of rotatable bonds is 4. The van der Waals surface area contributed by atoms with Crippen LogP contribution in [0.1, 0.15) is 5.69 Å². The molecule has 9 heteroatoms. The van der Waals surface area contributed by atoms with Gasteiger partial charge in [-0.25, -0.2) is 9.97 Å². The molecule has 0 spiro atoms. The fourth-order valence-corrected chi connectivity index (χ4v) is 2.96. The SMILES string of the molecule is CNc1ncc([N+](=O)[O-])c(Sc2nc(C)cs2)n1. The number of aryl methyl sites for hydroxylation is 1. The number of hydrogen-bond donors (Lipinski definition) is 1. The molecule has 2 aromatic heterocycles. The summed E-state index contributed by atoms with van der Waals surface area (Å²) in [6.45, 7) is 1.87. The smallest absolute Gasteiger partial charge is 0.320 e. The second-order valence-corrected chi connectivity index (χ2v) is 5.34. The van der Waals surface area contributed by atoms with Crippen molar-refractivity contribution < 1.29 is 4.92 Å². The van der Waals surface area contributed by atoms with Crippen LogP contribution in [0.5, 0.6) is 0 Å². The second-order valence-electron chi connectivity index (χ2n) is 3.25. The summed E-state index contributed by atoms with van der Waals surface area (Å²) in [7, 11) is 1.66. The van der Waals surface area contributed by atoms with Gasteiger partial charge in [0.25, 0.3) is 0 Å². The van der Waals surface area contributed by atoms with Crippen molar-refractivity contribution in [2.45, 2.75) is 16.3 Å². The Morgan fingerprint density at radius 1 is 1.50 bits per heavy atom. The van der Waals surface area contributed by atoms with E-state index in [4.69, 9.17) is 0 Å². The van der Waals surface area contributed by atoms with E-state index in [2.05, 4.69) is 20.3 Å². The number of nitrogens with zero attached hydrogens (tertiary/aromatic N) is 4. The first-order valence-corrected chi connectivity index (χ1v) is 6.59. The highest BCUT2D eigenvalue weighted by atomic mass is 32.2. The highest BCUT2D eigenvalue weighted by Crippen LogP contribution is 2.34. The van der Waals surface area contributed by atoms with Crippen molar-refractivity contribution in [3.8, 4) is 0 Å². The zero-order chi connectivity index (χ0) is 13.1. The molecule has 0 radical (unpaired) electrons. The average Bonchev–Trinajstić information content (AvgIpc) is 2.74. The van der Waals surface area contributed by atoms with E-state index in [0.29, 0.717) is 5.95 Å². The molecule has 0 aliphatic heterocycles. The van der Waals surface area contributed by atoms with Gasteiger partial charge in [0.15, 0.2) is 9.37 Å². The summed E-state index contributed by atoms with van der Waals surface area (Å²) in [5.74, 6) is 0.344. The van der Waals surface area contributed by atoms with Crippen molar-refractivity contribution in [1.29, 1.82) is 0 Å². The minimum absolute atomic E-state index is 0.119. The molecule has 0 amide bonds. The van der Waals surface area contributed by atoms with Gasteiger partial charge in [0, 0.05) is 18.1 Å². The largest absolute Gasteiger partial charge is 0.357 e. The maximum Gasteiger partial charge on any atom is 0.320 e. The van der Waals surface area contributed by atoms with Gasteiger partial charge in [-0.15, -0.1) is 11.3 Å². The number of hydrogen-bond acceptors (Lipinski definition) is 8. The van der Waals surface area contributed by atoms with E-state index in [0.717, 1.165) is 10.0 Å². The third kappa shape index (κ3) is 2.74. The van der Waals surface area contributed by atoms with Crippen molar-refractivity contribution in [3.05, 3.63) is 27.4 Å². The van der Waals surface area contributed by atoms with Gasteiger partial charge in [-0.2, -0.15) is 4.98 Å². The van der Waals surface area contributed by atoms with E-state index in [9.17, 15) is 10.1 Å². The lowest BCUT2D eigenvalue weighted by atomic mass is 10.5. The normalized spacial score (nSPS) is 10.3. The number of nitro groups is 1. The second kappa shape index (κ2) is 5.27. The predicted molar refractivity (Wildman–Crippen MR) is 69.2 cm³/mol. The fraction of sp³-hybridized carbons (Fsp3) is 0.222. The summed E-state index contributed by atoms with van der Waals surface area (Å²) in [4.78, 5) is 22.5. The molecule has 0 aliphatic carbocycles. The van der Waals surface area contributed by atoms with Crippen LogP contribution in [0.25, 0.3) is 0 Å². The Hall–Kier alpha value is -1.74. The quantitative estimate of drug-likeness (QED) is 0.523. The fourth-order valence-electron chi connectivity index (χ4n) is 1.14. The Bertz CT molecular complexity index is 586. The van der Waals surface area contributed by atoms with Crippen LogP contribution in [-0.4, -0.2) is 26.9 Å². The monoisotopic (exact) mass is 283 g/mol. The van der Waals surface area contributed by atoms with Crippen LogP contribution in [0, 0.1) is 17.0 Å². The minimum Gasteiger partial charge on any atom is -0.357 e. The van der Waals surface area contributed by atoms with Crippen molar-refractivity contribution in [2.24, 2.45) is 0 Å². The van der Waals surface area contributed by atoms with Crippen LogP contribution in [0.2, 0.25) is 0 Å². The van der Waals surface area contributed by atoms with E-state index in [1.165, 1.54) is 29.3 Å². The lowest BCUT2D eigenvalue weighted by Crippen LogP contribution is -2.00. The maximum atomic E-state index is 10.9. The van der Waals surface area contributed by atoms with Crippen molar-refractivity contribution >= 4 is 34.7 Å². The molecule has 2 aromatic rings. The number of nitrogens with one attached hydrogen (secondary N) is 1. The third-order valence-corrected chi connectivity index (χ3v) is 3.99. The Morgan fingerprint density at radius 2 is 2.28 bits per heavy atom. The van der Waals surface area contributed by atoms with Gasteiger partial charge in [-0.05, 0) is 18.7 Å². The van der Waals surface area contributed by atoms with Gasteiger partial charge < -0.3 is 5.32 Å². The summed E-state index contributed by atoms with van der Waals surface area (Å²) < 4.78 is 0.719. The predicted octanol–water partition coefficient (Wildman–Crippen LogP) is 2.34. The average molecular weight is 283 g/mol. The summed E-state index contributed by atoms with van der Waals surface area (Å²) in [6.07, 6.45) is 1.20. The molecule has 94 valence electrons. The summed E-state index contributed by atoms with van der Waals surface area (Å²) >= 11 is 2.59. The molecule has 0 unspecified atom stereocenters. The summed E-state index contributed by atoms with van der Waals surface area (Å²) in [6, 6.07) is 0. The van der Waals surface area contributed by atoms with Crippen molar-refractivity contribution in [1.82, 2.24) is 15.0 Å². The van der Waals surface area contributed by atoms with Gasteiger partial charge in [0.05, 0.1) is 4.92 Å². The van der Waals surface area contributed by atoms with Crippen molar-refractivity contribution in [2.75, 3.05) is 12.4 Å². The molecule has 0 bridgehead atoms. The topological polar surface area (TPSA) is 93.8 Å². The summed E-state index contributed by atoms with van der Waals surface area (Å²) in [5, 5.41) is 15.8. The van der Waals surface area contributed by atoms with E-state index in [1.807, 2.05) is 12.3 Å². The molecule has 0 aromatic carbocycles. The van der Waals surface area contributed by atoms with Gasteiger partial charge in [-0.3, -0.25) is 10.1 Å². The number of thiazole rings is 1. The highest BCUT2D eigenvalue weighted by Gasteiger charge is 2.19. The highest BCUT2D eigenvalue weighted by molar-refractivity contribution is 8.01. The van der Waals surface area contributed by atoms with Gasteiger partial charge in [0.1, 0.15) is 6.20 Å². The Balaban J connectivity index is 2.37. The summed E-state index contributed by atoms with van der Waals surface area (Å²) in [5.41, 5.74) is 0.764. The first-order valence-electron chi connectivity index (χ1n) is 4.89. The van der Waals surface area contributed by atoms with Crippen LogP contribution >= 0.6 is 23.1 Å². The zero-order valence-corrected chi connectivity index (χ0v) is 11.2. The molecule has 7 nitrogen and oxygen atoms in total. The van der Waals surface area contributed by atoms with Crippen molar-refractivity contribution in [3.63, 3.8) is 0 Å². The van der Waals surface area contributed by atoms with Crippen LogP contribution in [-0.2, 0) is 0 Å². The standard InChI is InChI=1S/C9H9N5O2S2/c1-5-4-17-9(12-5)18-7-6(14(15)16)3-11-8(10-2)13-7/h3-4H,1-2H3,(H,10,11,13). The van der Waals surface area contributed by atoms with Crippen LogP contribution in [0.15, 0.2) is 20.9 Å². The van der Waals surface area contributed by atoms with Crippen LogP contribution < -0.4 is 5.32 Å². The lowest BCUT2D eigenvalue weighted by Gasteiger charge is -2.02. The maximum absolute atomic E-state index is 10.9. The van der Waals surface area contributed by atoms with E-state index >= 15 is 0 Å². The molecular weight excluding hydrogens is 274 g/mol. The van der Waals surface area contributed by atoms with Crippen LogP contribution in [0.4, 0.5) is 11.6 Å². The first kappa shape index (κ1) is 12.7. The van der Waals surface area contributed by atoms with E-state index in [-0.39, 0.29) is 10.7 Å². The third-order valence-electron chi connectivity index (χ3n) is 1.94. The minimum atomic E-state index is -0.498. The molecule has 2 heterocycles. The Kier molecular flexibility index (Phi) is 3.72. The van der Waals surface area contributed by atoms with Gasteiger partial charge >= 0.3 is 5.69 Å². The Morgan fingerprint density at radius 3 is 2.83 bits per heavy atom. The number of aromatic nitrogens is 3. The molecule has 0 fully saturated rings. The molecule has 0 atom stereocenters. The first-order chi connectivity index (χ1) is 8.60. The molecule has 2 rings (SSSR count). The Labute approximate surface area is 111 Å². The van der Waals surface area contributed by atoms with E-state index in [1.54, 1.807) is 7.05 Å². The van der Waals surface area contributed by atoms with E-state index < -0.39 is 4.92 Å². The molecule has 0 saturated carbocycles. The molecule has 1 N–H and O–H groups in total. The molecule has 0 saturated heterocycles. The number of anilines is 1. The molecule has 18 heavy (non-hydrogen) atoms. The molecular formula is C9H9N5O2S2. The molecule has 0 aliphatic rings.